The second-order valence-corrected chi connectivity index (χ2v) is 4.38. The zero-order valence-corrected chi connectivity index (χ0v) is 10.5. The molecule has 1 N–H and O–H groups in total. The van der Waals surface area contributed by atoms with E-state index in [9.17, 15) is 4.79 Å². The minimum atomic E-state index is -0.445. The predicted molar refractivity (Wildman–Crippen MR) is 66.0 cm³/mol. The van der Waals surface area contributed by atoms with Gasteiger partial charge >= 0.3 is 6.09 Å². The fourth-order valence-corrected chi connectivity index (χ4v) is 2.56. The maximum absolute atomic E-state index is 11.0. The lowest BCUT2D eigenvalue weighted by atomic mass is 10.3. The highest BCUT2D eigenvalue weighted by molar-refractivity contribution is 8.01. The predicted octanol–water partition coefficient (Wildman–Crippen LogP) is 3.31. The highest BCUT2D eigenvalue weighted by Crippen LogP contribution is 2.30. The molecule has 1 aromatic rings. The molecule has 1 aromatic carbocycles. The van der Waals surface area contributed by atoms with Gasteiger partial charge in [0.15, 0.2) is 0 Å². The number of methoxy groups -OCH3 is 1. The molecule has 15 heavy (non-hydrogen) atoms. The van der Waals surface area contributed by atoms with Crippen LogP contribution in [-0.4, -0.2) is 25.7 Å². The van der Waals surface area contributed by atoms with Gasteiger partial charge in [-0.2, -0.15) is 0 Å². The molecule has 0 radical (unpaired) electrons. The first-order chi connectivity index (χ1) is 7.21. The zero-order chi connectivity index (χ0) is 11.3. The van der Waals surface area contributed by atoms with E-state index in [1.807, 2.05) is 30.7 Å². The molecule has 0 saturated carbocycles. The Balaban J connectivity index is 2.88. The zero-order valence-electron chi connectivity index (χ0n) is 8.87. The molecule has 0 spiro atoms. The Hall–Kier alpha value is -0.810. The number of carbonyl (C=O) groups is 1. The molecule has 1 rings (SSSR count). The lowest BCUT2D eigenvalue weighted by Gasteiger charge is -2.08. The van der Waals surface area contributed by atoms with Crippen LogP contribution in [0.25, 0.3) is 0 Å². The topological polar surface area (TPSA) is 38.3 Å². The number of nitrogens with one attached hydrogen (secondary N) is 1. The second kappa shape index (κ2) is 5.92. The molecule has 0 bridgehead atoms. The first-order valence-electron chi connectivity index (χ1n) is 4.28. The highest BCUT2D eigenvalue weighted by Gasteiger charge is 2.04. The van der Waals surface area contributed by atoms with Gasteiger partial charge in [0.25, 0.3) is 0 Å². The van der Waals surface area contributed by atoms with E-state index in [-0.39, 0.29) is 0 Å². The number of amides is 1. The molecule has 1 amide bonds. The molecule has 5 heteroatoms. The van der Waals surface area contributed by atoms with E-state index in [0.717, 1.165) is 10.6 Å². The molecule has 3 nitrogen and oxygen atoms in total. The number of hydrogen-bond donors (Lipinski definition) is 1. The molecule has 0 atom stereocenters. The fourth-order valence-electron chi connectivity index (χ4n) is 1.08. The summed E-state index contributed by atoms with van der Waals surface area (Å²) in [4.78, 5) is 13.3. The number of ether oxygens (including phenoxy) is 1. The van der Waals surface area contributed by atoms with Gasteiger partial charge in [0.05, 0.1) is 7.11 Å². The van der Waals surface area contributed by atoms with Crippen molar-refractivity contribution in [1.82, 2.24) is 0 Å². The van der Waals surface area contributed by atoms with E-state index in [2.05, 4.69) is 10.1 Å². The minimum absolute atomic E-state index is 0.445. The average Bonchev–Trinajstić information content (AvgIpc) is 2.28. The molecule has 0 heterocycles. The van der Waals surface area contributed by atoms with Crippen LogP contribution >= 0.6 is 23.5 Å². The van der Waals surface area contributed by atoms with Crippen molar-refractivity contribution in [2.24, 2.45) is 0 Å². The van der Waals surface area contributed by atoms with Crippen LogP contribution < -0.4 is 5.32 Å². The van der Waals surface area contributed by atoms with E-state index in [0.29, 0.717) is 0 Å². The number of rotatable bonds is 3. The molecule has 0 aromatic heterocycles. The van der Waals surface area contributed by atoms with E-state index in [4.69, 9.17) is 0 Å². The van der Waals surface area contributed by atoms with Gasteiger partial charge in [0, 0.05) is 15.5 Å². The smallest absolute Gasteiger partial charge is 0.411 e. The van der Waals surface area contributed by atoms with Crippen LogP contribution in [-0.2, 0) is 4.74 Å². The maximum Gasteiger partial charge on any atom is 0.411 e. The Morgan fingerprint density at radius 1 is 1.27 bits per heavy atom. The third kappa shape index (κ3) is 3.35. The monoisotopic (exact) mass is 243 g/mol. The van der Waals surface area contributed by atoms with E-state index in [1.54, 1.807) is 23.5 Å². The Morgan fingerprint density at radius 3 is 2.47 bits per heavy atom. The van der Waals surface area contributed by atoms with E-state index >= 15 is 0 Å². The lowest BCUT2D eigenvalue weighted by molar-refractivity contribution is 0.187. The van der Waals surface area contributed by atoms with Crippen molar-refractivity contribution in [1.29, 1.82) is 0 Å². The summed E-state index contributed by atoms with van der Waals surface area (Å²) < 4.78 is 4.52. The standard InChI is InChI=1S/C10H13NO2S2/c1-13-10(12)11-7-4-5-8(14-2)9(6-7)15-3/h4-6H,1-3H3,(H,11,12). The van der Waals surface area contributed by atoms with Crippen molar-refractivity contribution < 1.29 is 9.53 Å². The summed E-state index contributed by atoms with van der Waals surface area (Å²) in [5, 5.41) is 2.63. The molecule has 0 aliphatic rings. The van der Waals surface area contributed by atoms with Crippen molar-refractivity contribution in [2.75, 3.05) is 24.9 Å². The van der Waals surface area contributed by atoms with E-state index < -0.39 is 6.09 Å². The third-order valence-corrected chi connectivity index (χ3v) is 3.52. The van der Waals surface area contributed by atoms with Crippen molar-refractivity contribution in [3.63, 3.8) is 0 Å². The number of thioether (sulfide) groups is 2. The highest BCUT2D eigenvalue weighted by atomic mass is 32.2. The van der Waals surface area contributed by atoms with Gasteiger partial charge in [0.2, 0.25) is 0 Å². The van der Waals surface area contributed by atoms with Crippen molar-refractivity contribution in [3.8, 4) is 0 Å². The van der Waals surface area contributed by atoms with Crippen molar-refractivity contribution >= 4 is 35.3 Å². The van der Waals surface area contributed by atoms with Gasteiger partial charge in [-0.3, -0.25) is 5.32 Å². The van der Waals surface area contributed by atoms with Gasteiger partial charge in [-0.25, -0.2) is 4.79 Å². The summed E-state index contributed by atoms with van der Waals surface area (Å²) in [6.07, 6.45) is 3.60. The molecule has 0 saturated heterocycles. The van der Waals surface area contributed by atoms with Crippen LogP contribution in [0.2, 0.25) is 0 Å². The molecule has 0 fully saturated rings. The fraction of sp³-hybridized carbons (Fsp3) is 0.300. The van der Waals surface area contributed by atoms with Gasteiger partial charge in [-0.1, -0.05) is 0 Å². The van der Waals surface area contributed by atoms with Crippen LogP contribution in [0.15, 0.2) is 28.0 Å². The lowest BCUT2D eigenvalue weighted by Crippen LogP contribution is -2.10. The van der Waals surface area contributed by atoms with Crippen molar-refractivity contribution in [3.05, 3.63) is 18.2 Å². The SMILES string of the molecule is COC(=O)Nc1ccc(SC)c(SC)c1. The normalized spacial score (nSPS) is 9.80. The van der Waals surface area contributed by atoms with Crippen LogP contribution in [0.1, 0.15) is 0 Å². The van der Waals surface area contributed by atoms with E-state index in [1.165, 1.54) is 12.0 Å². The summed E-state index contributed by atoms with van der Waals surface area (Å²) in [5.41, 5.74) is 0.754. The second-order valence-electron chi connectivity index (χ2n) is 2.69. The van der Waals surface area contributed by atoms with Gasteiger partial charge in [0.1, 0.15) is 0 Å². The number of hydrogen-bond acceptors (Lipinski definition) is 4. The summed E-state index contributed by atoms with van der Waals surface area (Å²) in [5.74, 6) is 0. The molecule has 0 aliphatic heterocycles. The third-order valence-electron chi connectivity index (χ3n) is 1.82. The molecular formula is C10H13NO2S2. The van der Waals surface area contributed by atoms with Crippen LogP contribution in [0.3, 0.4) is 0 Å². The number of benzene rings is 1. The maximum atomic E-state index is 11.0. The molecule has 82 valence electrons. The Morgan fingerprint density at radius 2 is 1.93 bits per heavy atom. The summed E-state index contributed by atoms with van der Waals surface area (Å²) >= 11 is 3.34. The summed E-state index contributed by atoms with van der Waals surface area (Å²) in [6, 6.07) is 5.79. The molecule has 0 aliphatic carbocycles. The van der Waals surface area contributed by atoms with Crippen LogP contribution in [0.5, 0.6) is 0 Å². The van der Waals surface area contributed by atoms with Gasteiger partial charge < -0.3 is 4.74 Å². The largest absolute Gasteiger partial charge is 0.453 e. The summed E-state index contributed by atoms with van der Waals surface area (Å²) in [6.45, 7) is 0. The average molecular weight is 243 g/mol. The Labute approximate surface area is 98.0 Å². The van der Waals surface area contributed by atoms with Crippen LogP contribution in [0, 0.1) is 0 Å². The number of carbonyl (C=O) groups excluding carboxylic acids is 1. The quantitative estimate of drug-likeness (QED) is 0.827. The first-order valence-corrected chi connectivity index (χ1v) is 6.73. The van der Waals surface area contributed by atoms with Crippen molar-refractivity contribution in [2.45, 2.75) is 9.79 Å². The van der Waals surface area contributed by atoms with Crippen LogP contribution in [0.4, 0.5) is 10.5 Å². The minimum Gasteiger partial charge on any atom is -0.453 e. The Kier molecular flexibility index (Phi) is 4.84. The van der Waals surface area contributed by atoms with Gasteiger partial charge in [-0.05, 0) is 30.7 Å². The number of anilines is 1. The Bertz CT molecular complexity index is 355. The molecule has 0 unspecified atom stereocenters. The van der Waals surface area contributed by atoms with Gasteiger partial charge in [-0.15, -0.1) is 23.5 Å². The molecular weight excluding hydrogens is 230 g/mol. The summed E-state index contributed by atoms with van der Waals surface area (Å²) in [7, 11) is 1.35. The first kappa shape index (κ1) is 12.3.